The highest BCUT2D eigenvalue weighted by molar-refractivity contribution is 14.1. The molecule has 2 aromatic heterocycles. The van der Waals surface area contributed by atoms with Crippen molar-refractivity contribution in [2.75, 3.05) is 0 Å². The van der Waals surface area contributed by atoms with Gasteiger partial charge in [-0.15, -0.1) is 11.3 Å². The molecule has 0 unspecified atom stereocenters. The number of rotatable bonds is 6. The van der Waals surface area contributed by atoms with Crippen molar-refractivity contribution in [3.05, 3.63) is 103 Å². The summed E-state index contributed by atoms with van der Waals surface area (Å²) in [5, 5.41) is 11.4. The summed E-state index contributed by atoms with van der Waals surface area (Å²) in [6.45, 7) is 1.85. The highest BCUT2D eigenvalue weighted by atomic mass is 127. The Morgan fingerprint density at radius 3 is 2.54 bits per heavy atom. The van der Waals surface area contributed by atoms with Crippen LogP contribution in [0.4, 0.5) is 8.78 Å². The van der Waals surface area contributed by atoms with Crippen molar-refractivity contribution in [1.82, 2.24) is 8.96 Å². The lowest BCUT2D eigenvalue weighted by atomic mass is 10.0. The van der Waals surface area contributed by atoms with E-state index in [9.17, 15) is 12.8 Å². The average molecular weight is 647 g/mol. The third-order valence-corrected chi connectivity index (χ3v) is 9.09. The van der Waals surface area contributed by atoms with Crippen LogP contribution in [0.25, 0.3) is 10.9 Å². The lowest BCUT2D eigenvalue weighted by Crippen LogP contribution is -2.12. The SMILES string of the molecule is Cc1ccc(S(=O)(=O)n2ccc3c(Cc4csc(I)n4)c(Oc4ccc(F)c(C#N)c4)c(F)cc32)cc1. The number of halogens is 3. The highest BCUT2D eigenvalue weighted by Gasteiger charge is 2.25. The van der Waals surface area contributed by atoms with E-state index in [4.69, 9.17) is 10.00 Å². The van der Waals surface area contributed by atoms with Crippen molar-refractivity contribution < 1.29 is 21.9 Å². The summed E-state index contributed by atoms with van der Waals surface area (Å²) in [5.41, 5.74) is 1.83. The Hall–Kier alpha value is -3.34. The molecular formula is C26H16F2IN3O3S2. The van der Waals surface area contributed by atoms with Crippen LogP contribution in [0.2, 0.25) is 0 Å². The lowest BCUT2D eigenvalue weighted by Gasteiger charge is -2.15. The summed E-state index contributed by atoms with van der Waals surface area (Å²) in [6, 6.07) is 14.4. The molecule has 0 N–H and O–H groups in total. The van der Waals surface area contributed by atoms with E-state index in [1.807, 2.05) is 12.3 Å². The number of hydrogen-bond acceptors (Lipinski definition) is 6. The topological polar surface area (TPSA) is 85.0 Å². The lowest BCUT2D eigenvalue weighted by molar-refractivity contribution is 0.437. The first-order chi connectivity index (χ1) is 17.7. The van der Waals surface area contributed by atoms with Crippen LogP contribution in [0.15, 0.2) is 71.1 Å². The second kappa shape index (κ2) is 9.85. The zero-order chi connectivity index (χ0) is 26.3. The Labute approximate surface area is 229 Å². The molecule has 0 atom stereocenters. The first-order valence-corrected chi connectivity index (χ1v) is 14.2. The Balaban J connectivity index is 1.69. The number of hydrogen-bond donors (Lipinski definition) is 0. The van der Waals surface area contributed by atoms with Crippen molar-refractivity contribution in [3.63, 3.8) is 0 Å². The molecule has 6 nitrogen and oxygen atoms in total. The van der Waals surface area contributed by atoms with E-state index in [0.717, 1.165) is 24.7 Å². The molecule has 0 bridgehead atoms. The third-order valence-electron chi connectivity index (χ3n) is 5.71. The van der Waals surface area contributed by atoms with Crippen molar-refractivity contribution in [1.29, 1.82) is 5.26 Å². The minimum Gasteiger partial charge on any atom is -0.454 e. The number of benzene rings is 3. The molecule has 5 aromatic rings. The van der Waals surface area contributed by atoms with Gasteiger partial charge in [-0.1, -0.05) is 17.7 Å². The number of aryl methyl sites for hydroxylation is 1. The van der Waals surface area contributed by atoms with E-state index in [2.05, 4.69) is 27.6 Å². The minimum absolute atomic E-state index is 0.0667. The van der Waals surface area contributed by atoms with E-state index in [1.165, 1.54) is 41.8 Å². The predicted molar refractivity (Wildman–Crippen MR) is 144 cm³/mol. The summed E-state index contributed by atoms with van der Waals surface area (Å²) in [6.07, 6.45) is 1.53. The fourth-order valence-electron chi connectivity index (χ4n) is 3.91. The van der Waals surface area contributed by atoms with Crippen LogP contribution in [0.5, 0.6) is 11.5 Å². The largest absolute Gasteiger partial charge is 0.454 e. The molecule has 0 radical (unpaired) electrons. The van der Waals surface area contributed by atoms with Crippen LogP contribution in [-0.4, -0.2) is 17.4 Å². The molecule has 0 spiro atoms. The number of aromatic nitrogens is 2. The molecule has 0 fully saturated rings. The number of nitrogens with zero attached hydrogens (tertiary/aromatic N) is 3. The molecular weight excluding hydrogens is 631 g/mol. The maximum absolute atomic E-state index is 15.6. The first kappa shape index (κ1) is 25.3. The molecule has 0 aliphatic heterocycles. The van der Waals surface area contributed by atoms with E-state index in [0.29, 0.717) is 16.6 Å². The average Bonchev–Trinajstić information content (AvgIpc) is 3.48. The van der Waals surface area contributed by atoms with Gasteiger partial charge < -0.3 is 4.74 Å². The van der Waals surface area contributed by atoms with Crippen molar-refractivity contribution in [2.24, 2.45) is 0 Å². The van der Waals surface area contributed by atoms with Gasteiger partial charge in [-0.05, 0) is 59.8 Å². The normalized spacial score (nSPS) is 11.5. The Morgan fingerprint density at radius 2 is 1.86 bits per heavy atom. The van der Waals surface area contributed by atoms with Gasteiger partial charge in [0.05, 0.1) is 21.7 Å². The van der Waals surface area contributed by atoms with E-state index >= 15 is 4.39 Å². The Morgan fingerprint density at radius 1 is 1.11 bits per heavy atom. The summed E-state index contributed by atoms with van der Waals surface area (Å²) in [4.78, 5) is 4.52. The number of fused-ring (bicyclic) bond motifs is 1. The van der Waals surface area contributed by atoms with Gasteiger partial charge in [-0.3, -0.25) is 0 Å². The van der Waals surface area contributed by atoms with Gasteiger partial charge in [0.25, 0.3) is 10.0 Å². The minimum atomic E-state index is -4.01. The molecule has 5 rings (SSSR count). The molecule has 0 aliphatic rings. The molecule has 3 aromatic carbocycles. The first-order valence-electron chi connectivity index (χ1n) is 10.8. The van der Waals surface area contributed by atoms with Gasteiger partial charge in [0.1, 0.15) is 17.6 Å². The van der Waals surface area contributed by atoms with Gasteiger partial charge in [0, 0.05) is 41.1 Å². The quantitative estimate of drug-likeness (QED) is 0.190. The van der Waals surface area contributed by atoms with Crippen LogP contribution in [0.1, 0.15) is 22.4 Å². The van der Waals surface area contributed by atoms with Gasteiger partial charge in [0.15, 0.2) is 14.6 Å². The molecule has 0 saturated heterocycles. The fraction of sp³-hybridized carbons (Fsp3) is 0.0769. The molecule has 37 heavy (non-hydrogen) atoms. The molecule has 0 aliphatic carbocycles. The third kappa shape index (κ3) is 4.84. The van der Waals surface area contributed by atoms with Crippen LogP contribution in [-0.2, 0) is 16.4 Å². The van der Waals surface area contributed by atoms with E-state index < -0.39 is 21.7 Å². The zero-order valence-electron chi connectivity index (χ0n) is 19.1. The van der Waals surface area contributed by atoms with Crippen molar-refractivity contribution in [2.45, 2.75) is 18.2 Å². The number of nitriles is 1. The molecule has 186 valence electrons. The van der Waals surface area contributed by atoms with E-state index in [-0.39, 0.29) is 33.9 Å². The van der Waals surface area contributed by atoms with Gasteiger partial charge in [-0.2, -0.15) is 5.26 Å². The van der Waals surface area contributed by atoms with Crippen LogP contribution in [0, 0.1) is 32.9 Å². The standard InChI is InChI=1S/C26H16F2IN3O3S2/c1-15-2-5-19(6-3-15)37(33,34)32-9-8-20-21(11-17-14-36-26(29)31-17)25(23(28)12-24(20)32)35-18-4-7-22(27)16(10-18)13-30/h2-10,12,14H,11H2,1H3. The predicted octanol–water partition coefficient (Wildman–Crippen LogP) is 6.78. The molecule has 2 heterocycles. The van der Waals surface area contributed by atoms with Crippen molar-refractivity contribution in [3.8, 4) is 17.6 Å². The maximum Gasteiger partial charge on any atom is 0.268 e. The monoisotopic (exact) mass is 647 g/mol. The summed E-state index contributed by atoms with van der Waals surface area (Å²) in [7, 11) is -4.01. The second-order valence-corrected chi connectivity index (χ2v) is 12.6. The summed E-state index contributed by atoms with van der Waals surface area (Å²) in [5.74, 6) is -1.62. The van der Waals surface area contributed by atoms with Crippen LogP contribution < -0.4 is 4.74 Å². The highest BCUT2D eigenvalue weighted by Crippen LogP contribution is 2.38. The molecule has 11 heteroatoms. The Kier molecular flexibility index (Phi) is 6.74. The van der Waals surface area contributed by atoms with E-state index in [1.54, 1.807) is 24.3 Å². The molecule has 0 saturated carbocycles. The van der Waals surface area contributed by atoms with Gasteiger partial charge >= 0.3 is 0 Å². The second-order valence-electron chi connectivity index (χ2n) is 8.15. The summed E-state index contributed by atoms with van der Waals surface area (Å²) < 4.78 is 64.0. The zero-order valence-corrected chi connectivity index (χ0v) is 22.9. The number of thiazole rings is 1. The number of ether oxygens (including phenoxy) is 1. The van der Waals surface area contributed by atoms with Gasteiger partial charge in [-0.25, -0.2) is 26.2 Å². The van der Waals surface area contributed by atoms with Crippen molar-refractivity contribution >= 4 is 54.9 Å². The summed E-state index contributed by atoms with van der Waals surface area (Å²) >= 11 is 3.50. The maximum atomic E-state index is 15.6. The smallest absolute Gasteiger partial charge is 0.268 e. The fourth-order valence-corrected chi connectivity index (χ4v) is 6.48. The van der Waals surface area contributed by atoms with Gasteiger partial charge in [0.2, 0.25) is 0 Å². The Bertz CT molecular complexity index is 1810. The van der Waals surface area contributed by atoms with Crippen LogP contribution in [0.3, 0.4) is 0 Å². The molecule has 0 amide bonds. The van der Waals surface area contributed by atoms with Crippen LogP contribution >= 0.6 is 33.9 Å².